The van der Waals surface area contributed by atoms with Gasteiger partial charge in [-0.2, -0.15) is 0 Å². The van der Waals surface area contributed by atoms with Crippen LogP contribution in [-0.4, -0.2) is 9.19 Å². The maximum absolute atomic E-state index is 10.6. The van der Waals surface area contributed by atoms with Crippen molar-refractivity contribution < 1.29 is 4.21 Å². The Morgan fingerprint density at radius 1 is 1.50 bits per heavy atom. The zero-order valence-corrected chi connectivity index (χ0v) is 7.08. The average molecular weight is 196 g/mol. The summed E-state index contributed by atoms with van der Waals surface area (Å²) in [5, 5.41) is 0.584. The van der Waals surface area contributed by atoms with Crippen LogP contribution in [0.1, 0.15) is 0 Å². The maximum Gasteiger partial charge on any atom is 0.166 e. The van der Waals surface area contributed by atoms with Crippen LogP contribution in [0.15, 0.2) is 23.2 Å². The predicted octanol–water partition coefficient (Wildman–Crippen LogP) is 2.00. The van der Waals surface area contributed by atoms with Gasteiger partial charge < -0.3 is 0 Å². The molecule has 0 spiro atoms. The molecule has 1 aromatic rings. The molecule has 0 radical (unpaired) electrons. The molecule has 1 rings (SSSR count). The van der Waals surface area contributed by atoms with Crippen molar-refractivity contribution in [2.45, 2.75) is 5.03 Å². The average Bonchev–Trinajstić information content (AvgIpc) is 1.88. The quantitative estimate of drug-likeness (QED) is 0.507. The van der Waals surface area contributed by atoms with Crippen molar-refractivity contribution in [3.63, 3.8) is 0 Å². The van der Waals surface area contributed by atoms with Gasteiger partial charge in [-0.3, -0.25) is 0 Å². The van der Waals surface area contributed by atoms with Gasteiger partial charge in [0.25, 0.3) is 0 Å². The summed E-state index contributed by atoms with van der Waals surface area (Å²) in [7, 11) is 3.66. The van der Waals surface area contributed by atoms with Crippen LogP contribution in [0.4, 0.5) is 0 Å². The first-order valence-corrected chi connectivity index (χ1v) is 4.76. The molecular weight excluding hydrogens is 193 g/mol. The van der Waals surface area contributed by atoms with Crippen LogP contribution in [-0.2, 0) is 10.0 Å². The van der Waals surface area contributed by atoms with Gasteiger partial charge in [0, 0.05) is 0 Å². The molecule has 0 N–H and O–H groups in total. The highest BCUT2D eigenvalue weighted by molar-refractivity contribution is 8.08. The number of nitrogens with zero attached hydrogens (tertiary/aromatic N) is 1. The van der Waals surface area contributed by atoms with Crippen LogP contribution in [0.2, 0.25) is 5.15 Å². The van der Waals surface area contributed by atoms with Crippen molar-refractivity contribution >= 4 is 32.3 Å². The Hall–Kier alpha value is -0.120. The topological polar surface area (TPSA) is 30.0 Å². The van der Waals surface area contributed by atoms with E-state index in [1.807, 2.05) is 0 Å². The van der Waals surface area contributed by atoms with Crippen LogP contribution in [0.3, 0.4) is 0 Å². The van der Waals surface area contributed by atoms with Gasteiger partial charge in [-0.1, -0.05) is 17.7 Å². The molecule has 0 fully saturated rings. The van der Waals surface area contributed by atoms with Gasteiger partial charge >= 0.3 is 0 Å². The number of pyridine rings is 1. The normalized spacial score (nSPS) is 13.0. The van der Waals surface area contributed by atoms with E-state index < -0.39 is 10.0 Å². The summed E-state index contributed by atoms with van der Waals surface area (Å²) in [5.41, 5.74) is 0. The third-order valence-corrected chi connectivity index (χ3v) is 2.09. The lowest BCUT2D eigenvalue weighted by Gasteiger charge is -1.91. The van der Waals surface area contributed by atoms with Crippen LogP contribution in [0, 0.1) is 0 Å². The van der Waals surface area contributed by atoms with Gasteiger partial charge in [0.1, 0.15) is 10.2 Å². The zero-order valence-electron chi connectivity index (χ0n) is 4.75. The van der Waals surface area contributed by atoms with E-state index in [-0.39, 0.29) is 5.03 Å². The largest absolute Gasteiger partial charge is 0.236 e. The van der Waals surface area contributed by atoms with Crippen LogP contribution in [0.5, 0.6) is 0 Å². The summed E-state index contributed by atoms with van der Waals surface area (Å²) in [6, 6.07) is 4.79. The first-order chi connectivity index (χ1) is 4.70. The van der Waals surface area contributed by atoms with Gasteiger partial charge in [0.15, 0.2) is 10.0 Å². The fourth-order valence-corrected chi connectivity index (χ4v) is 1.31. The third-order valence-electron chi connectivity index (χ3n) is 0.854. The molecule has 0 aliphatic heterocycles. The second-order valence-electron chi connectivity index (χ2n) is 1.52. The Kier molecular flexibility index (Phi) is 2.65. The fraction of sp³-hybridized carbons (Fsp3) is 0. The van der Waals surface area contributed by atoms with Crippen molar-refractivity contribution in [1.29, 1.82) is 0 Å². The van der Waals surface area contributed by atoms with Gasteiger partial charge in [-0.05, 0) is 22.8 Å². The van der Waals surface area contributed by atoms with Gasteiger partial charge in [-0.15, -0.1) is 0 Å². The fourth-order valence-electron chi connectivity index (χ4n) is 0.479. The lowest BCUT2D eigenvalue weighted by Crippen LogP contribution is -1.85. The number of hydrogen-bond acceptors (Lipinski definition) is 2. The number of rotatable bonds is 1. The Morgan fingerprint density at radius 2 is 2.20 bits per heavy atom. The van der Waals surface area contributed by atoms with Crippen molar-refractivity contribution in [1.82, 2.24) is 4.98 Å². The lowest BCUT2D eigenvalue weighted by molar-refractivity contribution is 0.688. The minimum absolute atomic E-state index is 0.286. The highest BCUT2D eigenvalue weighted by atomic mass is 35.7. The zero-order chi connectivity index (χ0) is 7.56. The van der Waals surface area contributed by atoms with Crippen molar-refractivity contribution in [3.05, 3.63) is 23.4 Å². The van der Waals surface area contributed by atoms with Gasteiger partial charge in [0.2, 0.25) is 0 Å². The summed E-state index contributed by atoms with van der Waals surface area (Å²) in [5.74, 6) is 0. The van der Waals surface area contributed by atoms with Crippen LogP contribution >= 0.6 is 22.3 Å². The molecule has 0 aliphatic rings. The Labute approximate surface area is 70.1 Å². The summed E-state index contributed by atoms with van der Waals surface area (Å²) < 4.78 is 10.6. The molecule has 5 heteroatoms. The molecule has 1 aromatic heterocycles. The molecule has 0 saturated carbocycles. The molecular formula is C5H3Cl2NOS. The summed E-state index contributed by atoms with van der Waals surface area (Å²) in [6.07, 6.45) is 0. The highest BCUT2D eigenvalue weighted by Crippen LogP contribution is 2.10. The van der Waals surface area contributed by atoms with E-state index in [2.05, 4.69) is 4.98 Å². The Balaban J connectivity index is 3.07. The summed E-state index contributed by atoms with van der Waals surface area (Å²) >= 11 is 5.48. The smallest absolute Gasteiger partial charge is 0.166 e. The number of hydrogen-bond donors (Lipinski definition) is 0. The standard InChI is InChI=1S/C5H3Cl2NOS/c6-4-2-1-3-5(8-4)10(7)9/h1-3H. The maximum atomic E-state index is 10.6. The van der Waals surface area contributed by atoms with E-state index in [9.17, 15) is 4.21 Å². The van der Waals surface area contributed by atoms with E-state index in [4.69, 9.17) is 22.3 Å². The Morgan fingerprint density at radius 3 is 2.60 bits per heavy atom. The van der Waals surface area contributed by atoms with Crippen molar-refractivity contribution in [2.24, 2.45) is 0 Å². The molecule has 1 heterocycles. The number of halogens is 2. The van der Waals surface area contributed by atoms with E-state index in [1.54, 1.807) is 18.2 Å². The molecule has 54 valence electrons. The van der Waals surface area contributed by atoms with E-state index in [1.165, 1.54) is 0 Å². The van der Waals surface area contributed by atoms with Crippen molar-refractivity contribution in [3.8, 4) is 0 Å². The van der Waals surface area contributed by atoms with Crippen molar-refractivity contribution in [2.75, 3.05) is 0 Å². The molecule has 1 atom stereocenters. The van der Waals surface area contributed by atoms with Crippen LogP contribution < -0.4 is 0 Å². The second kappa shape index (κ2) is 3.32. The Bertz CT molecular complexity index is 266. The minimum atomic E-state index is -1.56. The molecule has 0 amide bonds. The van der Waals surface area contributed by atoms with Gasteiger partial charge in [-0.25, -0.2) is 9.19 Å². The second-order valence-corrected chi connectivity index (χ2v) is 3.62. The van der Waals surface area contributed by atoms with E-state index in [0.717, 1.165) is 0 Å². The number of aromatic nitrogens is 1. The first kappa shape index (κ1) is 7.98. The third kappa shape index (κ3) is 1.94. The van der Waals surface area contributed by atoms with E-state index in [0.29, 0.717) is 5.15 Å². The highest BCUT2D eigenvalue weighted by Gasteiger charge is 1.99. The summed E-state index contributed by atoms with van der Waals surface area (Å²) in [6.45, 7) is 0. The molecule has 0 saturated heterocycles. The molecule has 1 unspecified atom stereocenters. The first-order valence-electron chi connectivity index (χ1n) is 2.41. The monoisotopic (exact) mass is 195 g/mol. The van der Waals surface area contributed by atoms with E-state index >= 15 is 0 Å². The SMILES string of the molecule is O=S(Cl)c1cccc(Cl)n1. The molecule has 0 bridgehead atoms. The van der Waals surface area contributed by atoms with Gasteiger partial charge in [0.05, 0.1) is 0 Å². The molecule has 2 nitrogen and oxygen atoms in total. The van der Waals surface area contributed by atoms with Crippen LogP contribution in [0.25, 0.3) is 0 Å². The summed E-state index contributed by atoms with van der Waals surface area (Å²) in [4.78, 5) is 3.71. The molecule has 0 aromatic carbocycles. The lowest BCUT2D eigenvalue weighted by atomic mass is 10.5. The predicted molar refractivity (Wildman–Crippen MR) is 41.5 cm³/mol. The molecule has 0 aliphatic carbocycles. The minimum Gasteiger partial charge on any atom is -0.236 e. The molecule has 10 heavy (non-hydrogen) atoms.